The lowest BCUT2D eigenvalue weighted by Crippen LogP contribution is -2.16. The number of nitrogens with zero attached hydrogens (tertiary/aromatic N) is 2. The Hall–Kier alpha value is -2.52. The molecule has 3 aromatic rings. The molecule has 0 aliphatic carbocycles. The quantitative estimate of drug-likeness (QED) is 0.344. The second-order valence-electron chi connectivity index (χ2n) is 4.96. The molecular formula is C16H9Br2N3O4. The SMILES string of the molecule is O=C(N/N=C\c1ccc([N+](=O)[O-])cc1)c1cc2cc(Br)cc(Br)c2o1. The summed E-state index contributed by atoms with van der Waals surface area (Å²) in [6, 6.07) is 11.0. The molecule has 0 radical (unpaired) electrons. The van der Waals surface area contributed by atoms with Crippen molar-refractivity contribution >= 4 is 60.6 Å². The highest BCUT2D eigenvalue weighted by Gasteiger charge is 2.14. The highest BCUT2D eigenvalue weighted by molar-refractivity contribution is 9.11. The maximum Gasteiger partial charge on any atom is 0.307 e. The summed E-state index contributed by atoms with van der Waals surface area (Å²) in [5, 5.41) is 15.2. The minimum absolute atomic E-state index is 0.0137. The summed E-state index contributed by atoms with van der Waals surface area (Å²) in [6.45, 7) is 0. The summed E-state index contributed by atoms with van der Waals surface area (Å²) in [4.78, 5) is 22.2. The average Bonchev–Trinajstić information content (AvgIpc) is 2.99. The van der Waals surface area contributed by atoms with Crippen molar-refractivity contribution in [1.82, 2.24) is 5.43 Å². The van der Waals surface area contributed by atoms with Gasteiger partial charge in [0.15, 0.2) is 5.76 Å². The second kappa shape index (κ2) is 7.16. The summed E-state index contributed by atoms with van der Waals surface area (Å²) in [5.74, 6) is -0.382. The third-order valence-corrected chi connectivity index (χ3v) is 4.29. The molecule has 0 saturated carbocycles. The molecular weight excluding hydrogens is 458 g/mol. The predicted molar refractivity (Wildman–Crippen MR) is 99.8 cm³/mol. The summed E-state index contributed by atoms with van der Waals surface area (Å²) >= 11 is 6.75. The molecule has 0 aliphatic heterocycles. The molecule has 0 bridgehead atoms. The van der Waals surface area contributed by atoms with Crippen LogP contribution in [0, 0.1) is 10.1 Å². The van der Waals surface area contributed by atoms with E-state index < -0.39 is 10.8 Å². The number of halogens is 2. The Morgan fingerprint density at radius 3 is 2.60 bits per heavy atom. The number of non-ortho nitro benzene ring substituents is 1. The van der Waals surface area contributed by atoms with Crippen molar-refractivity contribution in [1.29, 1.82) is 0 Å². The van der Waals surface area contributed by atoms with E-state index in [2.05, 4.69) is 42.4 Å². The van der Waals surface area contributed by atoms with Gasteiger partial charge in [-0.2, -0.15) is 5.10 Å². The standard InChI is InChI=1S/C16H9Br2N3O4/c17-11-5-10-6-14(25-15(10)13(18)7-11)16(22)20-19-8-9-1-3-12(4-2-9)21(23)24/h1-8H,(H,20,22)/b19-8-. The zero-order chi connectivity index (χ0) is 18.0. The number of furan rings is 1. The average molecular weight is 467 g/mol. The molecule has 9 heteroatoms. The third kappa shape index (κ3) is 3.94. The van der Waals surface area contributed by atoms with Gasteiger partial charge < -0.3 is 4.42 Å². The molecule has 1 amide bonds. The summed E-state index contributed by atoms with van der Waals surface area (Å²) in [7, 11) is 0. The molecule has 1 aromatic heterocycles. The molecule has 0 saturated heterocycles. The molecule has 0 aliphatic rings. The van der Waals surface area contributed by atoms with Crippen LogP contribution in [0.25, 0.3) is 11.0 Å². The molecule has 1 heterocycles. The van der Waals surface area contributed by atoms with E-state index >= 15 is 0 Å². The van der Waals surface area contributed by atoms with E-state index in [9.17, 15) is 14.9 Å². The first kappa shape index (κ1) is 17.3. The van der Waals surface area contributed by atoms with Gasteiger partial charge in [-0.25, -0.2) is 5.43 Å². The lowest BCUT2D eigenvalue weighted by Gasteiger charge is -1.96. The minimum atomic E-state index is -0.502. The second-order valence-corrected chi connectivity index (χ2v) is 6.73. The number of amides is 1. The Morgan fingerprint density at radius 2 is 1.92 bits per heavy atom. The zero-order valence-electron chi connectivity index (χ0n) is 12.4. The van der Waals surface area contributed by atoms with E-state index in [1.165, 1.54) is 30.5 Å². The van der Waals surface area contributed by atoms with Gasteiger partial charge in [0.2, 0.25) is 0 Å². The smallest absolute Gasteiger partial charge is 0.307 e. The predicted octanol–water partition coefficient (Wildman–Crippen LogP) is 4.63. The van der Waals surface area contributed by atoms with Crippen LogP contribution in [-0.4, -0.2) is 17.0 Å². The number of nitro groups is 1. The first-order valence-electron chi connectivity index (χ1n) is 6.90. The Labute approximate surface area is 158 Å². The maximum atomic E-state index is 12.1. The first-order chi connectivity index (χ1) is 11.9. The van der Waals surface area contributed by atoms with Gasteiger partial charge in [0, 0.05) is 22.0 Å². The van der Waals surface area contributed by atoms with E-state index in [0.29, 0.717) is 11.1 Å². The molecule has 0 unspecified atom stereocenters. The molecule has 126 valence electrons. The normalized spacial score (nSPS) is 11.1. The number of nitro benzene ring substituents is 1. The molecule has 0 atom stereocenters. The van der Waals surface area contributed by atoms with Crippen LogP contribution in [0.4, 0.5) is 5.69 Å². The first-order valence-corrected chi connectivity index (χ1v) is 8.49. The Balaban J connectivity index is 1.72. The Bertz CT molecular complexity index is 997. The van der Waals surface area contributed by atoms with Crippen LogP contribution >= 0.6 is 31.9 Å². The highest BCUT2D eigenvalue weighted by Crippen LogP contribution is 2.30. The van der Waals surface area contributed by atoms with Gasteiger partial charge in [0.1, 0.15) is 5.58 Å². The van der Waals surface area contributed by atoms with E-state index in [4.69, 9.17) is 4.42 Å². The highest BCUT2D eigenvalue weighted by atomic mass is 79.9. The van der Waals surface area contributed by atoms with Gasteiger partial charge in [-0.15, -0.1) is 0 Å². The number of carbonyl (C=O) groups is 1. The largest absolute Gasteiger partial charge is 0.450 e. The van der Waals surface area contributed by atoms with E-state index in [-0.39, 0.29) is 11.4 Å². The minimum Gasteiger partial charge on any atom is -0.450 e. The van der Waals surface area contributed by atoms with Crippen LogP contribution in [0.3, 0.4) is 0 Å². The third-order valence-electron chi connectivity index (χ3n) is 3.24. The fourth-order valence-corrected chi connectivity index (χ4v) is 3.43. The van der Waals surface area contributed by atoms with E-state index in [1.807, 2.05) is 12.1 Å². The maximum absolute atomic E-state index is 12.1. The molecule has 2 aromatic carbocycles. The van der Waals surface area contributed by atoms with Crippen LogP contribution in [0.1, 0.15) is 16.1 Å². The zero-order valence-corrected chi connectivity index (χ0v) is 15.6. The lowest BCUT2D eigenvalue weighted by molar-refractivity contribution is -0.384. The van der Waals surface area contributed by atoms with Crippen LogP contribution in [0.2, 0.25) is 0 Å². The number of benzene rings is 2. The van der Waals surface area contributed by atoms with E-state index in [0.717, 1.165) is 14.3 Å². The van der Waals surface area contributed by atoms with Crippen molar-refractivity contribution in [2.45, 2.75) is 0 Å². The van der Waals surface area contributed by atoms with Crippen LogP contribution in [-0.2, 0) is 0 Å². The van der Waals surface area contributed by atoms with Crippen molar-refractivity contribution in [2.75, 3.05) is 0 Å². The van der Waals surface area contributed by atoms with Crippen LogP contribution in [0.15, 0.2) is 60.9 Å². The number of hydrazone groups is 1. The van der Waals surface area contributed by atoms with Gasteiger partial charge in [-0.1, -0.05) is 15.9 Å². The van der Waals surface area contributed by atoms with Gasteiger partial charge in [-0.05, 0) is 51.8 Å². The monoisotopic (exact) mass is 465 g/mol. The topological polar surface area (TPSA) is 97.7 Å². The number of carbonyl (C=O) groups excluding carboxylic acids is 1. The number of rotatable bonds is 4. The van der Waals surface area contributed by atoms with Gasteiger partial charge in [0.05, 0.1) is 15.6 Å². The van der Waals surface area contributed by atoms with Crippen molar-refractivity contribution in [2.24, 2.45) is 5.10 Å². The Kier molecular flexibility index (Phi) is 4.95. The van der Waals surface area contributed by atoms with E-state index in [1.54, 1.807) is 6.07 Å². The number of fused-ring (bicyclic) bond motifs is 1. The summed E-state index contributed by atoms with van der Waals surface area (Å²) in [5.41, 5.74) is 3.52. The fraction of sp³-hybridized carbons (Fsp3) is 0. The van der Waals surface area contributed by atoms with Gasteiger partial charge >= 0.3 is 5.91 Å². The summed E-state index contributed by atoms with van der Waals surface area (Å²) in [6.07, 6.45) is 1.39. The number of hydrogen-bond acceptors (Lipinski definition) is 5. The van der Waals surface area contributed by atoms with Crippen molar-refractivity contribution in [3.63, 3.8) is 0 Å². The molecule has 25 heavy (non-hydrogen) atoms. The van der Waals surface area contributed by atoms with Crippen molar-refractivity contribution < 1.29 is 14.1 Å². The lowest BCUT2D eigenvalue weighted by atomic mass is 10.2. The molecule has 0 fully saturated rings. The Morgan fingerprint density at radius 1 is 1.20 bits per heavy atom. The molecule has 7 nitrogen and oxygen atoms in total. The number of nitrogens with one attached hydrogen (secondary N) is 1. The van der Waals surface area contributed by atoms with Gasteiger partial charge in [-0.3, -0.25) is 14.9 Å². The van der Waals surface area contributed by atoms with Crippen LogP contribution < -0.4 is 5.43 Å². The summed E-state index contributed by atoms with van der Waals surface area (Å²) < 4.78 is 7.12. The van der Waals surface area contributed by atoms with Crippen molar-refractivity contribution in [3.8, 4) is 0 Å². The van der Waals surface area contributed by atoms with Gasteiger partial charge in [0.25, 0.3) is 5.69 Å². The fourth-order valence-electron chi connectivity index (χ4n) is 2.09. The van der Waals surface area contributed by atoms with Crippen molar-refractivity contribution in [3.05, 3.63) is 72.8 Å². The molecule has 0 spiro atoms. The number of hydrogen-bond donors (Lipinski definition) is 1. The molecule has 1 N–H and O–H groups in total. The molecule has 3 rings (SSSR count). The van der Waals surface area contributed by atoms with Crippen LogP contribution in [0.5, 0.6) is 0 Å².